The van der Waals surface area contributed by atoms with Crippen molar-refractivity contribution in [3.05, 3.63) is 53.3 Å². The monoisotopic (exact) mass is 295 g/mol. The van der Waals surface area contributed by atoms with Crippen LogP contribution < -0.4 is 11.1 Å². The van der Waals surface area contributed by atoms with Gasteiger partial charge in [-0.05, 0) is 36.4 Å². The molecule has 0 aliphatic heterocycles. The van der Waals surface area contributed by atoms with Crippen LogP contribution in [0.3, 0.4) is 0 Å². The molecule has 0 atom stereocenters. The minimum atomic E-state index is -4.58. The van der Waals surface area contributed by atoms with Crippen molar-refractivity contribution in [1.29, 1.82) is 5.26 Å². The van der Waals surface area contributed by atoms with Crippen molar-refractivity contribution in [2.75, 3.05) is 11.1 Å². The standard InChI is InChI=1S/C14H9F4N3/c15-10-3-2-9(14(16,17)18)6-12(10)21-13-5-8(7-19)1-4-11(13)20/h1-6,21H,20H2. The number of hydrogen-bond donors (Lipinski definition) is 2. The van der Waals surface area contributed by atoms with Gasteiger partial charge in [-0.1, -0.05) is 0 Å². The summed E-state index contributed by atoms with van der Waals surface area (Å²) < 4.78 is 51.5. The van der Waals surface area contributed by atoms with Gasteiger partial charge in [0.2, 0.25) is 0 Å². The summed E-state index contributed by atoms with van der Waals surface area (Å²) >= 11 is 0. The molecule has 0 aliphatic rings. The molecule has 0 aliphatic carbocycles. The van der Waals surface area contributed by atoms with Crippen LogP contribution in [0.25, 0.3) is 0 Å². The van der Waals surface area contributed by atoms with Crippen LogP contribution in [0, 0.1) is 17.1 Å². The molecule has 2 aromatic carbocycles. The molecule has 0 unspecified atom stereocenters. The summed E-state index contributed by atoms with van der Waals surface area (Å²) in [5.74, 6) is -0.857. The Hall–Kier alpha value is -2.75. The average molecular weight is 295 g/mol. The Morgan fingerprint density at radius 1 is 1.05 bits per heavy atom. The zero-order chi connectivity index (χ0) is 15.6. The van der Waals surface area contributed by atoms with Gasteiger partial charge in [0.15, 0.2) is 0 Å². The van der Waals surface area contributed by atoms with Crippen LogP contribution in [0.2, 0.25) is 0 Å². The smallest absolute Gasteiger partial charge is 0.397 e. The van der Waals surface area contributed by atoms with Gasteiger partial charge in [0.05, 0.1) is 34.3 Å². The number of nitrogens with two attached hydrogens (primary N) is 1. The molecule has 0 radical (unpaired) electrons. The van der Waals surface area contributed by atoms with Crippen LogP contribution in [0.4, 0.5) is 34.6 Å². The fourth-order valence-electron chi connectivity index (χ4n) is 1.68. The Labute approximate surface area is 117 Å². The van der Waals surface area contributed by atoms with E-state index in [1.54, 1.807) is 0 Å². The lowest BCUT2D eigenvalue weighted by Crippen LogP contribution is -2.07. The highest BCUT2D eigenvalue weighted by molar-refractivity contribution is 5.74. The van der Waals surface area contributed by atoms with E-state index in [-0.39, 0.29) is 22.6 Å². The van der Waals surface area contributed by atoms with Crippen LogP contribution in [-0.2, 0) is 6.18 Å². The number of nitrogens with one attached hydrogen (secondary N) is 1. The van der Waals surface area contributed by atoms with Crippen LogP contribution >= 0.6 is 0 Å². The molecular formula is C14H9F4N3. The van der Waals surface area contributed by atoms with Crippen molar-refractivity contribution in [3.8, 4) is 6.07 Å². The predicted molar refractivity (Wildman–Crippen MR) is 70.3 cm³/mol. The molecule has 0 saturated heterocycles. The third-order valence-electron chi connectivity index (χ3n) is 2.75. The van der Waals surface area contributed by atoms with Crippen molar-refractivity contribution in [3.63, 3.8) is 0 Å². The van der Waals surface area contributed by atoms with Gasteiger partial charge in [-0.25, -0.2) is 4.39 Å². The number of benzene rings is 2. The first-order valence-corrected chi connectivity index (χ1v) is 5.74. The Balaban J connectivity index is 2.42. The van der Waals surface area contributed by atoms with E-state index in [9.17, 15) is 17.6 Å². The molecule has 2 rings (SSSR count). The Morgan fingerprint density at radius 2 is 1.76 bits per heavy atom. The number of anilines is 3. The second-order valence-corrected chi connectivity index (χ2v) is 4.23. The Morgan fingerprint density at radius 3 is 2.38 bits per heavy atom. The second kappa shape index (κ2) is 5.32. The molecule has 0 heterocycles. The van der Waals surface area contributed by atoms with Crippen molar-refractivity contribution in [2.24, 2.45) is 0 Å². The van der Waals surface area contributed by atoms with E-state index < -0.39 is 17.6 Å². The van der Waals surface area contributed by atoms with Crippen molar-refractivity contribution < 1.29 is 17.6 Å². The van der Waals surface area contributed by atoms with E-state index in [2.05, 4.69) is 5.32 Å². The number of nitrogens with zero attached hydrogens (tertiary/aromatic N) is 1. The van der Waals surface area contributed by atoms with Crippen LogP contribution in [-0.4, -0.2) is 0 Å². The Bertz CT molecular complexity index is 717. The van der Waals surface area contributed by atoms with Gasteiger partial charge in [0.25, 0.3) is 0 Å². The number of alkyl halides is 3. The first-order chi connectivity index (χ1) is 9.81. The van der Waals surface area contributed by atoms with Crippen LogP contribution in [0.5, 0.6) is 0 Å². The van der Waals surface area contributed by atoms with E-state index in [1.165, 1.54) is 18.2 Å². The third-order valence-corrected chi connectivity index (χ3v) is 2.75. The quantitative estimate of drug-likeness (QED) is 0.649. The maximum atomic E-state index is 13.6. The normalized spacial score (nSPS) is 11.0. The van der Waals surface area contributed by atoms with E-state index in [0.29, 0.717) is 12.1 Å². The lowest BCUT2D eigenvalue weighted by Gasteiger charge is -2.13. The third kappa shape index (κ3) is 3.23. The highest BCUT2D eigenvalue weighted by Crippen LogP contribution is 2.33. The molecule has 0 aromatic heterocycles. The molecule has 0 bridgehead atoms. The highest BCUT2D eigenvalue weighted by atomic mass is 19.4. The topological polar surface area (TPSA) is 61.8 Å². The molecule has 0 fully saturated rings. The van der Waals surface area contributed by atoms with Gasteiger partial charge in [-0.2, -0.15) is 18.4 Å². The minimum Gasteiger partial charge on any atom is -0.397 e. The number of hydrogen-bond acceptors (Lipinski definition) is 3. The Kier molecular flexibility index (Phi) is 3.72. The van der Waals surface area contributed by atoms with Gasteiger partial charge in [0, 0.05) is 0 Å². The summed E-state index contributed by atoms with van der Waals surface area (Å²) in [6.45, 7) is 0. The summed E-state index contributed by atoms with van der Waals surface area (Å²) in [7, 11) is 0. The van der Waals surface area contributed by atoms with E-state index in [0.717, 1.165) is 6.07 Å². The van der Waals surface area contributed by atoms with Gasteiger partial charge in [-0.3, -0.25) is 0 Å². The van der Waals surface area contributed by atoms with Crippen molar-refractivity contribution in [2.45, 2.75) is 6.18 Å². The first-order valence-electron chi connectivity index (χ1n) is 5.74. The van der Waals surface area contributed by atoms with E-state index in [1.807, 2.05) is 6.07 Å². The summed E-state index contributed by atoms with van der Waals surface area (Å²) in [4.78, 5) is 0. The number of nitriles is 1. The van der Waals surface area contributed by atoms with Crippen molar-refractivity contribution in [1.82, 2.24) is 0 Å². The molecule has 7 heteroatoms. The summed E-state index contributed by atoms with van der Waals surface area (Å²) in [5.41, 5.74) is 4.89. The number of nitrogen functional groups attached to an aromatic ring is 1. The lowest BCUT2D eigenvalue weighted by atomic mass is 10.1. The number of halogens is 4. The highest BCUT2D eigenvalue weighted by Gasteiger charge is 2.31. The maximum Gasteiger partial charge on any atom is 0.416 e. The zero-order valence-corrected chi connectivity index (χ0v) is 10.5. The molecule has 108 valence electrons. The summed E-state index contributed by atoms with van der Waals surface area (Å²) in [6, 6.07) is 8.06. The van der Waals surface area contributed by atoms with Gasteiger partial charge in [-0.15, -0.1) is 0 Å². The summed E-state index contributed by atoms with van der Waals surface area (Å²) in [6.07, 6.45) is -4.58. The first kappa shape index (κ1) is 14.7. The lowest BCUT2D eigenvalue weighted by molar-refractivity contribution is -0.137. The second-order valence-electron chi connectivity index (χ2n) is 4.23. The molecule has 21 heavy (non-hydrogen) atoms. The van der Waals surface area contributed by atoms with Gasteiger partial charge < -0.3 is 11.1 Å². The minimum absolute atomic E-state index is 0.160. The fraction of sp³-hybridized carbons (Fsp3) is 0.0714. The summed E-state index contributed by atoms with van der Waals surface area (Å²) in [5, 5.41) is 11.3. The molecule has 0 saturated carbocycles. The van der Waals surface area contributed by atoms with E-state index in [4.69, 9.17) is 11.0 Å². The average Bonchev–Trinajstić information content (AvgIpc) is 2.42. The van der Waals surface area contributed by atoms with Crippen molar-refractivity contribution >= 4 is 17.1 Å². The molecular weight excluding hydrogens is 286 g/mol. The van der Waals surface area contributed by atoms with Gasteiger partial charge >= 0.3 is 6.18 Å². The molecule has 2 aromatic rings. The SMILES string of the molecule is N#Cc1ccc(N)c(Nc2cc(C(F)(F)F)ccc2F)c1. The van der Waals surface area contributed by atoms with Crippen LogP contribution in [0.1, 0.15) is 11.1 Å². The zero-order valence-electron chi connectivity index (χ0n) is 10.5. The van der Waals surface area contributed by atoms with E-state index >= 15 is 0 Å². The number of rotatable bonds is 2. The molecule has 0 spiro atoms. The largest absolute Gasteiger partial charge is 0.416 e. The maximum absolute atomic E-state index is 13.6. The molecule has 0 amide bonds. The van der Waals surface area contributed by atoms with Gasteiger partial charge in [0.1, 0.15) is 5.82 Å². The molecule has 3 nitrogen and oxygen atoms in total. The molecule has 3 N–H and O–H groups in total. The van der Waals surface area contributed by atoms with Crippen LogP contribution in [0.15, 0.2) is 36.4 Å². The predicted octanol–water partition coefficient (Wildman–Crippen LogP) is 4.04. The fourth-order valence-corrected chi connectivity index (χ4v) is 1.68.